The first-order valence-corrected chi connectivity index (χ1v) is 8.63. The molecule has 0 bridgehead atoms. The van der Waals surface area contributed by atoms with E-state index in [1.807, 2.05) is 43.3 Å². The highest BCUT2D eigenvalue weighted by Gasteiger charge is 2.17. The number of rotatable bonds is 7. The number of methoxy groups -OCH3 is 1. The van der Waals surface area contributed by atoms with Gasteiger partial charge in [0.1, 0.15) is 5.75 Å². The lowest BCUT2D eigenvalue weighted by molar-refractivity contribution is 0.200. The maximum absolute atomic E-state index is 9.22. The molecule has 0 amide bonds. The summed E-state index contributed by atoms with van der Waals surface area (Å²) in [6, 6.07) is 14.0. The van der Waals surface area contributed by atoms with Crippen molar-refractivity contribution in [3.05, 3.63) is 53.1 Å². The predicted octanol–water partition coefficient (Wildman–Crippen LogP) is 4.14. The van der Waals surface area contributed by atoms with Crippen molar-refractivity contribution in [1.29, 1.82) is 0 Å². The number of halogens is 1. The minimum absolute atomic E-state index is 0.0333. The molecule has 0 aliphatic heterocycles. The van der Waals surface area contributed by atoms with Crippen LogP contribution in [0.2, 0.25) is 5.02 Å². The Labute approximate surface area is 146 Å². The Bertz CT molecular complexity index is 661. The zero-order valence-corrected chi connectivity index (χ0v) is 15.0. The van der Waals surface area contributed by atoms with E-state index in [4.69, 9.17) is 22.1 Å². The molecule has 0 heterocycles. The third-order valence-electron chi connectivity index (χ3n) is 3.63. The molecule has 0 aliphatic rings. The maximum Gasteiger partial charge on any atom is 0.119 e. The van der Waals surface area contributed by atoms with Crippen LogP contribution in [0.15, 0.2) is 52.3 Å². The maximum atomic E-state index is 9.22. The summed E-state index contributed by atoms with van der Waals surface area (Å²) >= 11 is 8.02. The second-order valence-electron chi connectivity index (χ2n) is 5.85. The Morgan fingerprint density at radius 3 is 2.61 bits per heavy atom. The monoisotopic (exact) mass is 351 g/mol. The van der Waals surface area contributed by atoms with Crippen LogP contribution in [-0.4, -0.2) is 24.4 Å². The number of nitrogens with two attached hydrogens (primary N) is 1. The lowest BCUT2D eigenvalue weighted by Gasteiger charge is -2.21. The number of benzene rings is 2. The van der Waals surface area contributed by atoms with E-state index in [2.05, 4.69) is 6.07 Å². The normalized spacial score (nSPS) is 13.6. The Morgan fingerprint density at radius 2 is 1.96 bits per heavy atom. The molecule has 124 valence electrons. The zero-order valence-electron chi connectivity index (χ0n) is 13.4. The van der Waals surface area contributed by atoms with Gasteiger partial charge < -0.3 is 15.6 Å². The molecule has 0 unspecified atom stereocenters. The van der Waals surface area contributed by atoms with E-state index in [9.17, 15) is 5.11 Å². The molecule has 3 nitrogen and oxygen atoms in total. The number of aryl methyl sites for hydroxylation is 1. The van der Waals surface area contributed by atoms with E-state index in [0.29, 0.717) is 6.42 Å². The molecule has 2 rings (SSSR count). The SMILES string of the molecule is COc1cccc(Sc2ccc(CC[C@@](C)(N)CO)c(Cl)c2)c1. The number of hydrogen-bond donors (Lipinski definition) is 2. The molecule has 0 saturated carbocycles. The van der Waals surface area contributed by atoms with Crippen LogP contribution in [0.5, 0.6) is 5.75 Å². The van der Waals surface area contributed by atoms with Crippen LogP contribution < -0.4 is 10.5 Å². The lowest BCUT2D eigenvalue weighted by atomic mass is 9.95. The standard InChI is InChI=1S/C18H22ClNO2S/c1-18(20,12-21)9-8-13-6-7-16(11-17(13)19)23-15-5-3-4-14(10-15)22-2/h3-7,10-11,21H,8-9,12,20H2,1-2H3/t18-/m1/s1. The molecule has 2 aromatic carbocycles. The van der Waals surface area contributed by atoms with Crippen LogP contribution in [0.1, 0.15) is 18.9 Å². The lowest BCUT2D eigenvalue weighted by Crippen LogP contribution is -2.40. The van der Waals surface area contributed by atoms with Crippen molar-refractivity contribution in [2.45, 2.75) is 35.1 Å². The summed E-state index contributed by atoms with van der Waals surface area (Å²) in [6.07, 6.45) is 1.43. The fourth-order valence-electron chi connectivity index (χ4n) is 2.09. The Morgan fingerprint density at radius 1 is 1.22 bits per heavy atom. The van der Waals surface area contributed by atoms with Gasteiger partial charge in [-0.2, -0.15) is 0 Å². The third-order valence-corrected chi connectivity index (χ3v) is 4.96. The van der Waals surface area contributed by atoms with Crippen LogP contribution in [0, 0.1) is 0 Å². The van der Waals surface area contributed by atoms with Gasteiger partial charge in [0.15, 0.2) is 0 Å². The van der Waals surface area contributed by atoms with Gasteiger partial charge in [-0.3, -0.25) is 0 Å². The van der Waals surface area contributed by atoms with Gasteiger partial charge in [-0.25, -0.2) is 0 Å². The highest BCUT2D eigenvalue weighted by molar-refractivity contribution is 7.99. The summed E-state index contributed by atoms with van der Waals surface area (Å²) in [5.74, 6) is 0.837. The van der Waals surface area contributed by atoms with Crippen molar-refractivity contribution in [2.24, 2.45) is 5.73 Å². The van der Waals surface area contributed by atoms with Crippen LogP contribution in [0.3, 0.4) is 0 Å². The second kappa shape index (κ2) is 8.06. The minimum Gasteiger partial charge on any atom is -0.497 e. The summed E-state index contributed by atoms with van der Waals surface area (Å²) in [5.41, 5.74) is 6.44. The van der Waals surface area contributed by atoms with E-state index < -0.39 is 5.54 Å². The van der Waals surface area contributed by atoms with Gasteiger partial charge in [0.2, 0.25) is 0 Å². The third kappa shape index (κ3) is 5.43. The Hall–Kier alpha value is -1.20. The molecule has 23 heavy (non-hydrogen) atoms. The fraction of sp³-hybridized carbons (Fsp3) is 0.333. The molecule has 0 radical (unpaired) electrons. The topological polar surface area (TPSA) is 55.5 Å². The molecule has 5 heteroatoms. The smallest absolute Gasteiger partial charge is 0.119 e. The van der Waals surface area contributed by atoms with Gasteiger partial charge in [-0.1, -0.05) is 35.5 Å². The van der Waals surface area contributed by atoms with Crippen molar-refractivity contribution < 1.29 is 9.84 Å². The zero-order chi connectivity index (χ0) is 16.9. The first-order valence-electron chi connectivity index (χ1n) is 7.43. The van der Waals surface area contributed by atoms with Crippen LogP contribution in [0.25, 0.3) is 0 Å². The highest BCUT2D eigenvalue weighted by Crippen LogP contribution is 2.33. The van der Waals surface area contributed by atoms with E-state index in [-0.39, 0.29) is 6.61 Å². The number of ether oxygens (including phenoxy) is 1. The van der Waals surface area contributed by atoms with E-state index in [1.165, 1.54) is 0 Å². The molecule has 0 aromatic heterocycles. The van der Waals surface area contributed by atoms with Gasteiger partial charge in [-0.15, -0.1) is 0 Å². The molecule has 1 atom stereocenters. The Kier molecular flexibility index (Phi) is 6.36. The van der Waals surface area contributed by atoms with E-state index >= 15 is 0 Å². The minimum atomic E-state index is -0.572. The first-order chi connectivity index (χ1) is 10.9. The van der Waals surface area contributed by atoms with Crippen LogP contribution in [-0.2, 0) is 6.42 Å². The molecule has 2 aromatic rings. The van der Waals surface area contributed by atoms with Gasteiger partial charge in [0.05, 0.1) is 13.7 Å². The first kappa shape index (κ1) is 18.1. The largest absolute Gasteiger partial charge is 0.497 e. The quantitative estimate of drug-likeness (QED) is 0.787. The average molecular weight is 352 g/mol. The second-order valence-corrected chi connectivity index (χ2v) is 7.40. The molecule has 0 saturated heterocycles. The molecule has 0 spiro atoms. The molecular weight excluding hydrogens is 330 g/mol. The summed E-state index contributed by atoms with van der Waals surface area (Å²) in [6.45, 7) is 1.81. The molecule has 3 N–H and O–H groups in total. The number of hydrogen-bond acceptors (Lipinski definition) is 4. The van der Waals surface area contributed by atoms with Gasteiger partial charge >= 0.3 is 0 Å². The van der Waals surface area contributed by atoms with Crippen molar-refractivity contribution in [3.63, 3.8) is 0 Å². The predicted molar refractivity (Wildman–Crippen MR) is 96.6 cm³/mol. The number of aliphatic hydroxyl groups excluding tert-OH is 1. The Balaban J connectivity index is 2.06. The van der Waals surface area contributed by atoms with Crippen LogP contribution >= 0.6 is 23.4 Å². The van der Waals surface area contributed by atoms with Crippen molar-refractivity contribution in [2.75, 3.05) is 13.7 Å². The molecular formula is C18H22ClNO2S. The van der Waals surface area contributed by atoms with Crippen molar-refractivity contribution in [1.82, 2.24) is 0 Å². The van der Waals surface area contributed by atoms with Gasteiger partial charge in [0, 0.05) is 20.4 Å². The summed E-state index contributed by atoms with van der Waals surface area (Å²) in [4.78, 5) is 2.17. The summed E-state index contributed by atoms with van der Waals surface area (Å²) in [7, 11) is 1.66. The van der Waals surface area contributed by atoms with E-state index in [1.54, 1.807) is 18.9 Å². The highest BCUT2D eigenvalue weighted by atomic mass is 35.5. The molecule has 0 fully saturated rings. The van der Waals surface area contributed by atoms with Crippen LogP contribution in [0.4, 0.5) is 0 Å². The van der Waals surface area contributed by atoms with Gasteiger partial charge in [-0.05, 0) is 55.7 Å². The van der Waals surface area contributed by atoms with E-state index in [0.717, 1.165) is 32.5 Å². The van der Waals surface area contributed by atoms with Crippen molar-refractivity contribution in [3.8, 4) is 5.75 Å². The van der Waals surface area contributed by atoms with Gasteiger partial charge in [0.25, 0.3) is 0 Å². The summed E-state index contributed by atoms with van der Waals surface area (Å²) in [5, 5.41) is 9.95. The molecule has 0 aliphatic carbocycles. The average Bonchev–Trinajstić information content (AvgIpc) is 2.54. The number of aliphatic hydroxyl groups is 1. The van der Waals surface area contributed by atoms with Crippen molar-refractivity contribution >= 4 is 23.4 Å². The fourth-order valence-corrected chi connectivity index (χ4v) is 3.34. The summed E-state index contributed by atoms with van der Waals surface area (Å²) < 4.78 is 5.24.